The van der Waals surface area contributed by atoms with Gasteiger partial charge in [0.1, 0.15) is 5.56 Å². The molecule has 0 aliphatic heterocycles. The van der Waals surface area contributed by atoms with E-state index in [9.17, 15) is 4.79 Å². The molecule has 1 aromatic heterocycles. The first-order valence-corrected chi connectivity index (χ1v) is 6.65. The Balaban J connectivity index is 3.12. The summed E-state index contributed by atoms with van der Waals surface area (Å²) in [6.07, 6.45) is 2.63. The van der Waals surface area contributed by atoms with Crippen LogP contribution in [0.2, 0.25) is 0 Å². The molecule has 0 spiro atoms. The molecule has 0 fully saturated rings. The van der Waals surface area contributed by atoms with E-state index in [0.717, 1.165) is 13.0 Å². The molecule has 19 heavy (non-hydrogen) atoms. The molecule has 0 aliphatic rings. The first kappa shape index (κ1) is 15.4. The van der Waals surface area contributed by atoms with Crippen LogP contribution in [0.1, 0.15) is 30.6 Å². The van der Waals surface area contributed by atoms with Crippen molar-refractivity contribution in [2.75, 3.05) is 25.6 Å². The third kappa shape index (κ3) is 3.66. The average Bonchev–Trinajstić information content (AvgIpc) is 2.81. The van der Waals surface area contributed by atoms with Crippen LogP contribution in [0.3, 0.4) is 0 Å². The lowest BCUT2D eigenvalue weighted by molar-refractivity contribution is 0.0527. The summed E-state index contributed by atoms with van der Waals surface area (Å²) in [5.41, 5.74) is 0.426. The van der Waals surface area contributed by atoms with E-state index >= 15 is 0 Å². The molecule has 0 amide bonds. The fourth-order valence-electron chi connectivity index (χ4n) is 1.62. The molecule has 6 nitrogen and oxygen atoms in total. The smallest absolute Gasteiger partial charge is 0.343 e. The monoisotopic (exact) mass is 284 g/mol. The highest BCUT2D eigenvalue weighted by Gasteiger charge is 2.22. The third-order valence-corrected chi connectivity index (χ3v) is 3.00. The van der Waals surface area contributed by atoms with Crippen LogP contribution in [0.4, 0.5) is 5.82 Å². The normalized spacial score (nSPS) is 10.1. The second-order valence-electron chi connectivity index (χ2n) is 3.96. The van der Waals surface area contributed by atoms with Crippen molar-refractivity contribution < 1.29 is 9.53 Å². The number of nitrogens with one attached hydrogen (secondary N) is 1. The van der Waals surface area contributed by atoms with Crippen LogP contribution < -0.4 is 10.2 Å². The number of nitrogens with zero attached hydrogens (tertiary/aromatic N) is 3. The van der Waals surface area contributed by atoms with Crippen LogP contribution in [-0.4, -0.2) is 41.6 Å². The zero-order valence-corrected chi connectivity index (χ0v) is 12.6. The van der Waals surface area contributed by atoms with Gasteiger partial charge in [-0.2, -0.15) is 5.10 Å². The van der Waals surface area contributed by atoms with Crippen LogP contribution in [0, 0.1) is 0 Å². The lowest BCUT2D eigenvalue weighted by Gasteiger charge is -2.17. The minimum atomic E-state index is -0.384. The number of esters is 1. The van der Waals surface area contributed by atoms with Gasteiger partial charge in [-0.05, 0) is 25.6 Å². The Bertz CT molecular complexity index is 459. The van der Waals surface area contributed by atoms with Crippen molar-refractivity contribution in [3.8, 4) is 0 Å². The molecule has 0 unspecified atom stereocenters. The topological polar surface area (TPSA) is 59.4 Å². The molecule has 0 saturated heterocycles. The van der Waals surface area contributed by atoms with E-state index in [2.05, 4.69) is 10.4 Å². The number of carbonyl (C=O) groups excluding carboxylic acids is 1. The molecule has 1 heterocycles. The number of ether oxygens (including phenoxy) is 1. The van der Waals surface area contributed by atoms with Crippen molar-refractivity contribution in [3.63, 3.8) is 0 Å². The van der Waals surface area contributed by atoms with Gasteiger partial charge in [0.15, 0.2) is 10.9 Å². The van der Waals surface area contributed by atoms with E-state index in [1.165, 1.54) is 0 Å². The van der Waals surface area contributed by atoms with Gasteiger partial charge in [-0.25, -0.2) is 4.79 Å². The van der Waals surface area contributed by atoms with Crippen LogP contribution >= 0.6 is 12.2 Å². The number of aromatic nitrogens is 2. The minimum absolute atomic E-state index is 0.331. The van der Waals surface area contributed by atoms with Crippen LogP contribution in [0.25, 0.3) is 0 Å². The largest absolute Gasteiger partial charge is 0.462 e. The second kappa shape index (κ2) is 7.08. The summed E-state index contributed by atoms with van der Waals surface area (Å²) >= 11 is 5.16. The first-order chi connectivity index (χ1) is 9.04. The van der Waals surface area contributed by atoms with Crippen LogP contribution in [0.5, 0.6) is 0 Å². The van der Waals surface area contributed by atoms with Gasteiger partial charge in [0.2, 0.25) is 0 Å². The fraction of sp³-hybridized carbons (Fsp3) is 0.583. The first-order valence-electron chi connectivity index (χ1n) is 6.25. The van der Waals surface area contributed by atoms with Crippen molar-refractivity contribution in [2.45, 2.75) is 26.8 Å². The van der Waals surface area contributed by atoms with E-state index < -0.39 is 0 Å². The Kier molecular flexibility index (Phi) is 5.75. The molecule has 0 atom stereocenters. The molecule has 106 valence electrons. The Hall–Kier alpha value is -1.63. The van der Waals surface area contributed by atoms with Gasteiger partial charge < -0.3 is 15.0 Å². The average molecular weight is 284 g/mol. The number of rotatable bonds is 5. The SMILES string of the molecule is CCCn1cc(C(=O)OCC)c(N(C)C(=S)NC)n1. The van der Waals surface area contributed by atoms with E-state index in [1.807, 2.05) is 6.92 Å². The fourth-order valence-corrected chi connectivity index (χ4v) is 1.71. The molecule has 1 N–H and O–H groups in total. The van der Waals surface area contributed by atoms with Crippen molar-refractivity contribution in [2.24, 2.45) is 0 Å². The predicted molar refractivity (Wildman–Crippen MR) is 78.5 cm³/mol. The van der Waals surface area contributed by atoms with Crippen molar-refractivity contribution >= 4 is 29.1 Å². The molecule has 0 aliphatic carbocycles. The quantitative estimate of drug-likeness (QED) is 0.652. The number of hydrogen-bond acceptors (Lipinski definition) is 4. The van der Waals surface area contributed by atoms with E-state index in [0.29, 0.717) is 23.1 Å². The highest BCUT2D eigenvalue weighted by Crippen LogP contribution is 2.19. The maximum Gasteiger partial charge on any atom is 0.343 e. The summed E-state index contributed by atoms with van der Waals surface area (Å²) in [5, 5.41) is 7.74. The second-order valence-corrected chi connectivity index (χ2v) is 4.35. The molecule has 7 heteroatoms. The van der Waals surface area contributed by atoms with Crippen molar-refractivity contribution in [1.82, 2.24) is 15.1 Å². The zero-order chi connectivity index (χ0) is 14.4. The predicted octanol–water partition coefficient (Wildman–Crippen LogP) is 1.41. The van der Waals surface area contributed by atoms with Crippen LogP contribution in [0.15, 0.2) is 6.20 Å². The summed E-state index contributed by atoms with van der Waals surface area (Å²) in [6, 6.07) is 0. The Labute approximate surface area is 118 Å². The highest BCUT2D eigenvalue weighted by atomic mass is 32.1. The number of hydrogen-bond donors (Lipinski definition) is 1. The highest BCUT2D eigenvalue weighted by molar-refractivity contribution is 7.80. The van der Waals surface area contributed by atoms with Gasteiger partial charge in [0, 0.05) is 26.8 Å². The molecule has 0 bridgehead atoms. The number of aryl methyl sites for hydroxylation is 1. The lowest BCUT2D eigenvalue weighted by atomic mass is 10.3. The van der Waals surface area contributed by atoms with Crippen LogP contribution in [-0.2, 0) is 11.3 Å². The molecule has 0 radical (unpaired) electrons. The standard InChI is InChI=1S/C12H20N4O2S/c1-5-7-16-8-9(11(17)18-6-2)10(14-16)15(4)12(19)13-3/h8H,5-7H2,1-4H3,(H,13,19). The molecule has 0 aromatic carbocycles. The maximum absolute atomic E-state index is 11.9. The Morgan fingerprint density at radius 1 is 1.58 bits per heavy atom. The molecular formula is C12H20N4O2S. The molecular weight excluding hydrogens is 264 g/mol. The Morgan fingerprint density at radius 2 is 2.26 bits per heavy atom. The summed E-state index contributed by atoms with van der Waals surface area (Å²) < 4.78 is 6.77. The number of carbonyl (C=O) groups is 1. The minimum Gasteiger partial charge on any atom is -0.462 e. The van der Waals surface area contributed by atoms with Gasteiger partial charge >= 0.3 is 5.97 Å². The van der Waals surface area contributed by atoms with Gasteiger partial charge in [-0.15, -0.1) is 0 Å². The molecule has 1 rings (SSSR count). The lowest BCUT2D eigenvalue weighted by Crippen LogP contribution is -2.35. The van der Waals surface area contributed by atoms with Gasteiger partial charge in [0.25, 0.3) is 0 Å². The van der Waals surface area contributed by atoms with Gasteiger partial charge in [-0.3, -0.25) is 4.68 Å². The van der Waals surface area contributed by atoms with Crippen molar-refractivity contribution in [1.29, 1.82) is 0 Å². The summed E-state index contributed by atoms with van der Waals surface area (Å²) in [7, 11) is 3.49. The summed E-state index contributed by atoms with van der Waals surface area (Å²) in [5.74, 6) is 0.122. The number of anilines is 1. The van der Waals surface area contributed by atoms with E-state index in [4.69, 9.17) is 17.0 Å². The van der Waals surface area contributed by atoms with Gasteiger partial charge in [-0.1, -0.05) is 6.92 Å². The van der Waals surface area contributed by atoms with E-state index in [1.54, 1.807) is 36.8 Å². The Morgan fingerprint density at radius 3 is 2.79 bits per heavy atom. The number of thiocarbonyl (C=S) groups is 1. The zero-order valence-electron chi connectivity index (χ0n) is 11.8. The van der Waals surface area contributed by atoms with E-state index in [-0.39, 0.29) is 5.97 Å². The third-order valence-electron chi connectivity index (χ3n) is 2.53. The summed E-state index contributed by atoms with van der Waals surface area (Å²) in [6.45, 7) is 4.90. The van der Waals surface area contributed by atoms with Gasteiger partial charge in [0.05, 0.1) is 6.61 Å². The summed E-state index contributed by atoms with van der Waals surface area (Å²) in [4.78, 5) is 13.6. The maximum atomic E-state index is 11.9. The molecule has 1 aromatic rings. The van der Waals surface area contributed by atoms with Crippen molar-refractivity contribution in [3.05, 3.63) is 11.8 Å². The molecule has 0 saturated carbocycles.